The third-order valence-corrected chi connectivity index (χ3v) is 4.80. The fourth-order valence-corrected chi connectivity index (χ4v) is 3.84. The molecule has 0 amide bonds. The molecular formula is C17H17BrN2S. The monoisotopic (exact) mass is 360 g/mol. The number of halogens is 1. The topological polar surface area (TPSA) is 29.3 Å². The molecule has 0 radical (unpaired) electrons. The van der Waals surface area contributed by atoms with Crippen LogP contribution < -0.4 is 10.6 Å². The van der Waals surface area contributed by atoms with Crippen LogP contribution >= 0.6 is 28.1 Å². The highest BCUT2D eigenvalue weighted by Crippen LogP contribution is 2.31. The Morgan fingerprint density at radius 2 is 1.86 bits per heavy atom. The highest BCUT2D eigenvalue weighted by Gasteiger charge is 2.19. The van der Waals surface area contributed by atoms with E-state index >= 15 is 0 Å². The van der Waals surface area contributed by atoms with Crippen molar-refractivity contribution in [3.8, 4) is 0 Å². The van der Waals surface area contributed by atoms with Crippen LogP contribution in [-0.4, -0.2) is 11.5 Å². The maximum Gasteiger partial charge on any atom is 0.107 e. The summed E-state index contributed by atoms with van der Waals surface area (Å²) in [5.74, 6) is 0. The average molecular weight is 361 g/mol. The Labute approximate surface area is 139 Å². The first kappa shape index (κ1) is 14.5. The molecule has 108 valence electrons. The van der Waals surface area contributed by atoms with Crippen LogP contribution in [0.4, 0.5) is 5.69 Å². The largest absolute Gasteiger partial charge is 0.389 e. The van der Waals surface area contributed by atoms with Crippen molar-refractivity contribution < 1.29 is 0 Å². The van der Waals surface area contributed by atoms with Gasteiger partial charge in [-0.15, -0.1) is 0 Å². The molecule has 4 heteroatoms. The van der Waals surface area contributed by atoms with Crippen molar-refractivity contribution in [1.82, 2.24) is 0 Å². The molecule has 0 spiro atoms. The van der Waals surface area contributed by atoms with Crippen molar-refractivity contribution in [2.24, 2.45) is 5.73 Å². The second-order valence-electron chi connectivity index (χ2n) is 5.29. The molecule has 2 N–H and O–H groups in total. The Bertz CT molecular complexity index is 684. The van der Waals surface area contributed by atoms with Gasteiger partial charge in [0, 0.05) is 28.8 Å². The Morgan fingerprint density at radius 3 is 2.62 bits per heavy atom. The lowest BCUT2D eigenvalue weighted by Gasteiger charge is -2.26. The third-order valence-electron chi connectivity index (χ3n) is 3.93. The van der Waals surface area contributed by atoms with E-state index in [-0.39, 0.29) is 0 Å². The molecule has 1 heterocycles. The van der Waals surface area contributed by atoms with Gasteiger partial charge in [-0.2, -0.15) is 0 Å². The number of hydrogen-bond acceptors (Lipinski definition) is 2. The van der Waals surface area contributed by atoms with E-state index in [0.717, 1.165) is 41.7 Å². The summed E-state index contributed by atoms with van der Waals surface area (Å²) in [6.07, 6.45) is 2.27. The molecule has 0 unspecified atom stereocenters. The van der Waals surface area contributed by atoms with Crippen LogP contribution in [0.25, 0.3) is 0 Å². The minimum absolute atomic E-state index is 0.440. The number of rotatable bonds is 2. The maximum absolute atomic E-state index is 5.93. The van der Waals surface area contributed by atoms with Crippen molar-refractivity contribution in [2.45, 2.75) is 19.4 Å². The van der Waals surface area contributed by atoms with E-state index in [4.69, 9.17) is 18.0 Å². The number of nitrogens with zero attached hydrogens (tertiary/aromatic N) is 1. The number of aryl methyl sites for hydroxylation is 1. The quantitative estimate of drug-likeness (QED) is 0.819. The van der Waals surface area contributed by atoms with E-state index in [1.54, 1.807) is 0 Å². The van der Waals surface area contributed by atoms with Gasteiger partial charge < -0.3 is 10.6 Å². The van der Waals surface area contributed by atoms with E-state index in [9.17, 15) is 0 Å². The molecule has 21 heavy (non-hydrogen) atoms. The van der Waals surface area contributed by atoms with Crippen LogP contribution in [0.1, 0.15) is 23.1 Å². The molecule has 2 nitrogen and oxygen atoms in total. The Kier molecular flexibility index (Phi) is 4.27. The van der Waals surface area contributed by atoms with Crippen LogP contribution in [0.2, 0.25) is 0 Å². The van der Waals surface area contributed by atoms with Crippen LogP contribution in [0, 0.1) is 0 Å². The van der Waals surface area contributed by atoms with E-state index in [2.05, 4.69) is 51.2 Å². The Hall–Kier alpha value is -1.39. The Morgan fingerprint density at radius 1 is 1.10 bits per heavy atom. The molecule has 0 saturated heterocycles. The van der Waals surface area contributed by atoms with Crippen molar-refractivity contribution in [3.05, 3.63) is 63.6 Å². The molecule has 0 atom stereocenters. The molecule has 3 rings (SSSR count). The van der Waals surface area contributed by atoms with E-state index in [1.807, 2.05) is 12.1 Å². The lowest BCUT2D eigenvalue weighted by Crippen LogP contribution is -2.26. The average Bonchev–Trinajstić information content (AvgIpc) is 2.68. The van der Waals surface area contributed by atoms with E-state index in [1.165, 1.54) is 11.1 Å². The van der Waals surface area contributed by atoms with Gasteiger partial charge in [0.25, 0.3) is 0 Å². The molecule has 0 fully saturated rings. The molecule has 1 aliphatic heterocycles. The lowest BCUT2D eigenvalue weighted by atomic mass is 10.0. The van der Waals surface area contributed by atoms with Crippen molar-refractivity contribution in [3.63, 3.8) is 0 Å². The first-order valence-electron chi connectivity index (χ1n) is 7.07. The molecular weight excluding hydrogens is 344 g/mol. The molecule has 0 bridgehead atoms. The van der Waals surface area contributed by atoms with Crippen molar-refractivity contribution in [2.75, 3.05) is 11.4 Å². The van der Waals surface area contributed by atoms with Crippen LogP contribution in [0.3, 0.4) is 0 Å². The predicted octanol–water partition coefficient (Wildman–Crippen LogP) is 4.04. The zero-order valence-corrected chi connectivity index (χ0v) is 14.1. The molecule has 2 aromatic carbocycles. The smallest absolute Gasteiger partial charge is 0.107 e. The van der Waals surface area contributed by atoms with Gasteiger partial charge in [-0.3, -0.25) is 0 Å². The fraction of sp³-hybridized carbons (Fsp3) is 0.235. The summed E-state index contributed by atoms with van der Waals surface area (Å²) >= 11 is 8.81. The van der Waals surface area contributed by atoms with E-state index < -0.39 is 0 Å². The number of benzene rings is 2. The van der Waals surface area contributed by atoms with Gasteiger partial charge in [0.2, 0.25) is 0 Å². The number of hydrogen-bond donors (Lipinski definition) is 1. The van der Waals surface area contributed by atoms with Crippen molar-refractivity contribution >= 4 is 38.8 Å². The Balaban J connectivity index is 2.02. The third kappa shape index (κ3) is 2.97. The van der Waals surface area contributed by atoms with Gasteiger partial charge in [0.05, 0.1) is 0 Å². The van der Waals surface area contributed by atoms with Gasteiger partial charge >= 0.3 is 0 Å². The summed E-state index contributed by atoms with van der Waals surface area (Å²) in [7, 11) is 0. The standard InChI is InChI=1S/C17H17BrN2S/c18-14-8-3-9-15(16(14)17(19)21)20-10-4-7-12-5-1-2-6-13(12)11-20/h1-3,5-6,8-9H,4,7,10-11H2,(H2,19,21). The molecule has 2 aromatic rings. The van der Waals surface area contributed by atoms with Crippen molar-refractivity contribution in [1.29, 1.82) is 0 Å². The second kappa shape index (κ2) is 6.16. The van der Waals surface area contributed by atoms with Gasteiger partial charge in [-0.05, 0) is 52.0 Å². The fourth-order valence-electron chi connectivity index (χ4n) is 2.93. The zero-order valence-electron chi connectivity index (χ0n) is 11.7. The summed E-state index contributed by atoms with van der Waals surface area (Å²) in [4.78, 5) is 2.82. The summed E-state index contributed by atoms with van der Waals surface area (Å²) < 4.78 is 0.963. The first-order valence-corrected chi connectivity index (χ1v) is 8.27. The van der Waals surface area contributed by atoms with Gasteiger partial charge in [0.1, 0.15) is 4.99 Å². The van der Waals surface area contributed by atoms with E-state index in [0.29, 0.717) is 4.99 Å². The van der Waals surface area contributed by atoms with Gasteiger partial charge in [-0.25, -0.2) is 0 Å². The number of fused-ring (bicyclic) bond motifs is 1. The molecule has 0 saturated carbocycles. The van der Waals surface area contributed by atoms with Crippen LogP contribution in [0.15, 0.2) is 46.9 Å². The number of thiocarbonyl (C=S) groups is 1. The lowest BCUT2D eigenvalue weighted by molar-refractivity contribution is 0.765. The zero-order chi connectivity index (χ0) is 14.8. The highest BCUT2D eigenvalue weighted by atomic mass is 79.9. The SMILES string of the molecule is NC(=S)c1c(Br)cccc1N1CCCc2ccccc2C1. The summed E-state index contributed by atoms with van der Waals surface area (Å²) in [6.45, 7) is 1.92. The van der Waals surface area contributed by atoms with Gasteiger partial charge in [0.15, 0.2) is 0 Å². The normalized spacial score (nSPS) is 14.4. The number of nitrogens with two attached hydrogens (primary N) is 1. The summed E-state index contributed by atoms with van der Waals surface area (Å²) in [5.41, 5.74) is 10.8. The highest BCUT2D eigenvalue weighted by molar-refractivity contribution is 9.10. The van der Waals surface area contributed by atoms with Crippen LogP contribution in [0.5, 0.6) is 0 Å². The minimum atomic E-state index is 0.440. The first-order chi connectivity index (χ1) is 10.2. The molecule has 1 aliphatic rings. The summed E-state index contributed by atoms with van der Waals surface area (Å²) in [5, 5.41) is 0. The molecule has 0 aliphatic carbocycles. The number of anilines is 1. The maximum atomic E-state index is 5.93. The summed E-state index contributed by atoms with van der Waals surface area (Å²) in [6, 6.07) is 14.8. The second-order valence-corrected chi connectivity index (χ2v) is 6.59. The van der Waals surface area contributed by atoms with Crippen LogP contribution in [-0.2, 0) is 13.0 Å². The molecule has 0 aromatic heterocycles. The van der Waals surface area contributed by atoms with Gasteiger partial charge in [-0.1, -0.05) is 42.5 Å². The minimum Gasteiger partial charge on any atom is -0.389 e. The predicted molar refractivity (Wildman–Crippen MR) is 95.8 cm³/mol.